The van der Waals surface area contributed by atoms with Gasteiger partial charge in [-0.2, -0.15) is 0 Å². The van der Waals surface area contributed by atoms with Crippen molar-refractivity contribution < 1.29 is 0 Å². The highest BCUT2D eigenvalue weighted by Crippen LogP contribution is 2.45. The van der Waals surface area contributed by atoms with Gasteiger partial charge in [0, 0.05) is 11.8 Å². The van der Waals surface area contributed by atoms with E-state index in [0.717, 1.165) is 10.2 Å². The van der Waals surface area contributed by atoms with Crippen LogP contribution in [0.15, 0.2) is 138 Å². The molecule has 39 heavy (non-hydrogen) atoms. The van der Waals surface area contributed by atoms with Crippen molar-refractivity contribution in [2.45, 2.75) is 0 Å². The molecule has 0 aliphatic carbocycles. The van der Waals surface area contributed by atoms with Crippen molar-refractivity contribution in [1.82, 2.24) is 4.98 Å². The molecule has 0 fully saturated rings. The lowest BCUT2D eigenvalue weighted by Crippen LogP contribution is -1.92. The van der Waals surface area contributed by atoms with E-state index in [1.54, 1.807) is 0 Å². The molecule has 182 valence electrons. The third-order valence-corrected chi connectivity index (χ3v) is 8.45. The molecule has 0 atom stereocenters. The molecule has 8 aromatic rings. The third-order valence-electron chi connectivity index (χ3n) is 7.98. The van der Waals surface area contributed by atoms with Crippen LogP contribution >= 0.6 is 15.9 Å². The van der Waals surface area contributed by atoms with Crippen LogP contribution in [-0.2, 0) is 0 Å². The summed E-state index contributed by atoms with van der Waals surface area (Å²) in [6.45, 7) is 0. The minimum Gasteiger partial charge on any atom is -0.249 e. The summed E-state index contributed by atoms with van der Waals surface area (Å²) in [7, 11) is 0. The van der Waals surface area contributed by atoms with Crippen LogP contribution in [0, 0.1) is 0 Å². The lowest BCUT2D eigenvalue weighted by molar-refractivity contribution is 1.28. The molecule has 0 radical (unpaired) electrons. The van der Waals surface area contributed by atoms with Gasteiger partial charge in [-0.3, -0.25) is 0 Å². The maximum atomic E-state index is 4.55. The van der Waals surface area contributed by atoms with Crippen molar-refractivity contribution in [2.75, 3.05) is 0 Å². The van der Waals surface area contributed by atoms with Gasteiger partial charge in [0.25, 0.3) is 0 Å². The molecule has 0 saturated carbocycles. The SMILES string of the molecule is Brc1ccc(-c2c3ccccc3c(-c3ccc4c5ccccc5c5ccccc5c4c3)c3ccccc23)cn1. The van der Waals surface area contributed by atoms with Crippen LogP contribution in [0.5, 0.6) is 0 Å². The molecular weight excluding hydrogens is 538 g/mol. The number of halogens is 1. The zero-order valence-electron chi connectivity index (χ0n) is 21.0. The predicted octanol–water partition coefficient (Wildman–Crippen LogP) is 10.9. The Labute approximate surface area is 234 Å². The second-order valence-corrected chi connectivity index (χ2v) is 10.9. The maximum Gasteiger partial charge on any atom is 0.106 e. The number of fused-ring (bicyclic) bond motifs is 8. The van der Waals surface area contributed by atoms with Crippen molar-refractivity contribution in [3.63, 3.8) is 0 Å². The molecule has 8 rings (SSSR count). The van der Waals surface area contributed by atoms with E-state index in [-0.39, 0.29) is 0 Å². The van der Waals surface area contributed by atoms with E-state index in [9.17, 15) is 0 Å². The molecule has 0 spiro atoms. The van der Waals surface area contributed by atoms with Gasteiger partial charge in [-0.1, -0.05) is 115 Å². The third kappa shape index (κ3) is 3.42. The minimum absolute atomic E-state index is 0.840. The number of pyridine rings is 1. The van der Waals surface area contributed by atoms with E-state index in [4.69, 9.17) is 0 Å². The van der Waals surface area contributed by atoms with E-state index >= 15 is 0 Å². The van der Waals surface area contributed by atoms with Gasteiger partial charge in [0.1, 0.15) is 4.60 Å². The first-order valence-corrected chi connectivity index (χ1v) is 14.0. The first kappa shape index (κ1) is 22.5. The van der Waals surface area contributed by atoms with Gasteiger partial charge in [0.2, 0.25) is 0 Å². The average molecular weight is 560 g/mol. The van der Waals surface area contributed by atoms with Gasteiger partial charge in [-0.25, -0.2) is 4.98 Å². The Morgan fingerprint density at radius 1 is 0.359 bits per heavy atom. The fourth-order valence-corrected chi connectivity index (χ4v) is 6.57. The second kappa shape index (κ2) is 8.76. The van der Waals surface area contributed by atoms with Crippen molar-refractivity contribution >= 4 is 69.8 Å². The lowest BCUT2D eigenvalue weighted by atomic mass is 9.85. The highest BCUT2D eigenvalue weighted by molar-refractivity contribution is 9.10. The van der Waals surface area contributed by atoms with Crippen molar-refractivity contribution in [3.8, 4) is 22.3 Å². The number of hydrogen-bond acceptors (Lipinski definition) is 1. The molecule has 7 aromatic carbocycles. The molecule has 0 unspecified atom stereocenters. The van der Waals surface area contributed by atoms with Crippen LogP contribution in [0.1, 0.15) is 0 Å². The quantitative estimate of drug-likeness (QED) is 0.116. The van der Waals surface area contributed by atoms with Gasteiger partial charge in [-0.05, 0) is 98.6 Å². The number of hydrogen-bond donors (Lipinski definition) is 0. The fourth-order valence-electron chi connectivity index (χ4n) is 6.34. The number of nitrogens with zero attached hydrogens (tertiary/aromatic N) is 1. The van der Waals surface area contributed by atoms with E-state index in [0.29, 0.717) is 0 Å². The molecule has 1 aromatic heterocycles. The highest BCUT2D eigenvalue weighted by atomic mass is 79.9. The molecule has 2 heteroatoms. The van der Waals surface area contributed by atoms with E-state index < -0.39 is 0 Å². The van der Waals surface area contributed by atoms with Crippen molar-refractivity contribution in [3.05, 3.63) is 138 Å². The van der Waals surface area contributed by atoms with Gasteiger partial charge in [0.15, 0.2) is 0 Å². The van der Waals surface area contributed by atoms with Gasteiger partial charge in [-0.15, -0.1) is 0 Å². The first-order chi connectivity index (χ1) is 19.3. The topological polar surface area (TPSA) is 12.9 Å². The standard InChI is InChI=1S/C37H22BrN/c38-35-20-18-24(22-39-35)37-32-15-7-5-13-30(32)36(31-14-6-8-16-33(31)37)23-17-19-29-27-11-2-1-9-25(27)26-10-3-4-12-28(26)34(29)21-23/h1-22H. The van der Waals surface area contributed by atoms with Crippen molar-refractivity contribution in [1.29, 1.82) is 0 Å². The number of aromatic nitrogens is 1. The molecule has 1 nitrogen and oxygen atoms in total. The van der Waals surface area contributed by atoms with E-state index in [1.165, 1.54) is 70.6 Å². The summed E-state index contributed by atoms with van der Waals surface area (Å²) in [6.07, 6.45) is 1.96. The van der Waals surface area contributed by atoms with E-state index in [1.807, 2.05) is 12.3 Å². The maximum absolute atomic E-state index is 4.55. The smallest absolute Gasteiger partial charge is 0.106 e. The summed E-state index contributed by atoms with van der Waals surface area (Å²) in [4.78, 5) is 4.55. The number of benzene rings is 7. The average Bonchev–Trinajstić information content (AvgIpc) is 3.00. The zero-order valence-corrected chi connectivity index (χ0v) is 22.6. The van der Waals surface area contributed by atoms with Crippen LogP contribution in [0.4, 0.5) is 0 Å². The minimum atomic E-state index is 0.840. The van der Waals surface area contributed by atoms with E-state index in [2.05, 4.69) is 142 Å². The molecule has 0 amide bonds. The molecular formula is C37H22BrN. The zero-order chi connectivity index (χ0) is 25.9. The van der Waals surface area contributed by atoms with Crippen molar-refractivity contribution in [2.24, 2.45) is 0 Å². The normalized spacial score (nSPS) is 11.7. The van der Waals surface area contributed by atoms with Gasteiger partial charge in [0.05, 0.1) is 0 Å². The Bertz CT molecular complexity index is 2140. The molecule has 1 heterocycles. The van der Waals surface area contributed by atoms with Crippen LogP contribution < -0.4 is 0 Å². The summed E-state index contributed by atoms with van der Waals surface area (Å²) < 4.78 is 0.840. The summed E-state index contributed by atoms with van der Waals surface area (Å²) in [5.41, 5.74) is 4.85. The molecule has 0 aliphatic rings. The van der Waals surface area contributed by atoms with Crippen LogP contribution in [0.2, 0.25) is 0 Å². The van der Waals surface area contributed by atoms with Crippen LogP contribution in [0.25, 0.3) is 76.1 Å². The van der Waals surface area contributed by atoms with Gasteiger partial charge >= 0.3 is 0 Å². The Hall–Kier alpha value is -4.53. The monoisotopic (exact) mass is 559 g/mol. The molecule has 0 aliphatic heterocycles. The van der Waals surface area contributed by atoms with Crippen LogP contribution in [-0.4, -0.2) is 4.98 Å². The second-order valence-electron chi connectivity index (χ2n) is 10.1. The summed E-state index contributed by atoms with van der Waals surface area (Å²) in [5, 5.41) is 12.7. The Morgan fingerprint density at radius 2 is 0.744 bits per heavy atom. The summed E-state index contributed by atoms with van der Waals surface area (Å²) in [5.74, 6) is 0. The van der Waals surface area contributed by atoms with Crippen LogP contribution in [0.3, 0.4) is 0 Å². The Morgan fingerprint density at radius 3 is 1.21 bits per heavy atom. The highest BCUT2D eigenvalue weighted by Gasteiger charge is 2.17. The van der Waals surface area contributed by atoms with Gasteiger partial charge < -0.3 is 0 Å². The number of rotatable bonds is 2. The Kier molecular flexibility index (Phi) is 5.04. The fraction of sp³-hybridized carbons (Fsp3) is 0. The first-order valence-electron chi connectivity index (χ1n) is 13.2. The molecule has 0 saturated heterocycles. The lowest BCUT2D eigenvalue weighted by Gasteiger charge is -2.18. The largest absolute Gasteiger partial charge is 0.249 e. The summed E-state index contributed by atoms with van der Waals surface area (Å²) in [6, 6.07) is 46.3. The predicted molar refractivity (Wildman–Crippen MR) is 170 cm³/mol. The Balaban J connectivity index is 1.51. The summed E-state index contributed by atoms with van der Waals surface area (Å²) >= 11 is 3.50. The molecule has 0 bridgehead atoms. The molecule has 0 N–H and O–H groups in total.